The van der Waals surface area contributed by atoms with Gasteiger partial charge < -0.3 is 10.0 Å². The van der Waals surface area contributed by atoms with E-state index in [0.717, 1.165) is 13.1 Å². The van der Waals surface area contributed by atoms with E-state index in [4.69, 9.17) is 0 Å². The number of aliphatic hydroxyl groups is 1. The normalized spacial score (nSPS) is 22.6. The lowest BCUT2D eigenvalue weighted by atomic mass is 10.0. The molecule has 1 aromatic carbocycles. The number of rotatable bonds is 8. The van der Waals surface area contributed by atoms with Crippen LogP contribution in [0.1, 0.15) is 12.0 Å². The van der Waals surface area contributed by atoms with Gasteiger partial charge in [-0.25, -0.2) is 12.7 Å². The summed E-state index contributed by atoms with van der Waals surface area (Å²) in [5.41, 5.74) is 0.470. The Morgan fingerprint density at radius 3 is 2.50 bits per heavy atom. The number of β-amino-alcohol motifs (C(OH)–C–C–N with tert-alkyl or cyclic N) is 1. The summed E-state index contributed by atoms with van der Waals surface area (Å²) >= 11 is 0. The molecule has 24 heavy (non-hydrogen) atoms. The summed E-state index contributed by atoms with van der Waals surface area (Å²) in [7, 11) is 1.75. The van der Waals surface area contributed by atoms with E-state index in [1.165, 1.54) is 9.87 Å². The zero-order valence-corrected chi connectivity index (χ0v) is 15.7. The lowest BCUT2D eigenvalue weighted by Crippen LogP contribution is -2.45. The van der Waals surface area contributed by atoms with Gasteiger partial charge in [-0.2, -0.15) is 0 Å². The monoisotopic (exact) mass is 355 g/mol. The molecule has 0 radical (unpaired) electrons. The molecular weight excluding hydrogens is 326 g/mol. The molecule has 1 heterocycles. The average molecular weight is 356 g/mol. The Morgan fingerprint density at radius 2 is 1.88 bits per heavy atom. The maximum atomic E-state index is 11.8. The first kappa shape index (κ1) is 19.3. The predicted molar refractivity (Wildman–Crippen MR) is 96.3 cm³/mol. The standard InChI is InChI=1S/C17H29N3O3S/c1-18(2)24(22,23)12-11-19(3)14-17(21)9-10-20(15-17)13-16-7-5-4-6-8-16/h4-8,21H,9-15H2,1-3H3. The fourth-order valence-electron chi connectivity index (χ4n) is 3.08. The molecule has 1 saturated heterocycles. The van der Waals surface area contributed by atoms with E-state index < -0.39 is 15.6 Å². The summed E-state index contributed by atoms with van der Waals surface area (Å²) in [6.45, 7) is 3.21. The van der Waals surface area contributed by atoms with Gasteiger partial charge in [0.1, 0.15) is 0 Å². The van der Waals surface area contributed by atoms with Gasteiger partial charge in [0, 0.05) is 46.8 Å². The van der Waals surface area contributed by atoms with E-state index in [1.807, 2.05) is 30.1 Å². The van der Waals surface area contributed by atoms with Crippen LogP contribution in [0.5, 0.6) is 0 Å². The van der Waals surface area contributed by atoms with Gasteiger partial charge in [0.05, 0.1) is 11.4 Å². The van der Waals surface area contributed by atoms with Crippen LogP contribution in [0.25, 0.3) is 0 Å². The van der Waals surface area contributed by atoms with Crippen molar-refractivity contribution in [2.75, 3.05) is 53.1 Å². The number of hydrogen-bond donors (Lipinski definition) is 1. The quantitative estimate of drug-likeness (QED) is 0.733. The van der Waals surface area contributed by atoms with Crippen LogP contribution in [-0.2, 0) is 16.6 Å². The summed E-state index contributed by atoms with van der Waals surface area (Å²) in [5.74, 6) is 0.0698. The zero-order valence-electron chi connectivity index (χ0n) is 14.9. The first-order valence-corrected chi connectivity index (χ1v) is 9.89. The van der Waals surface area contributed by atoms with Crippen molar-refractivity contribution in [2.24, 2.45) is 0 Å². The highest BCUT2D eigenvalue weighted by Crippen LogP contribution is 2.23. The molecule has 1 aliphatic heterocycles. The summed E-state index contributed by atoms with van der Waals surface area (Å²) in [6, 6.07) is 10.2. The second-order valence-electron chi connectivity index (χ2n) is 7.01. The van der Waals surface area contributed by atoms with Gasteiger partial charge in [0.25, 0.3) is 0 Å². The minimum Gasteiger partial charge on any atom is -0.387 e. The first-order chi connectivity index (χ1) is 11.2. The van der Waals surface area contributed by atoms with Gasteiger partial charge in [0.2, 0.25) is 10.0 Å². The number of benzene rings is 1. The van der Waals surface area contributed by atoms with E-state index in [2.05, 4.69) is 17.0 Å². The van der Waals surface area contributed by atoms with Crippen molar-refractivity contribution < 1.29 is 13.5 Å². The maximum absolute atomic E-state index is 11.8. The Morgan fingerprint density at radius 1 is 1.21 bits per heavy atom. The SMILES string of the molecule is CN(CCS(=O)(=O)N(C)C)CC1(O)CCN(Cc2ccccc2)C1. The Labute approximate surface area is 145 Å². The number of likely N-dealkylation sites (tertiary alicyclic amines) is 1. The first-order valence-electron chi connectivity index (χ1n) is 8.28. The van der Waals surface area contributed by atoms with Crippen molar-refractivity contribution in [1.82, 2.24) is 14.1 Å². The molecule has 1 unspecified atom stereocenters. The molecule has 0 saturated carbocycles. The number of sulfonamides is 1. The Hall–Kier alpha value is -0.990. The largest absolute Gasteiger partial charge is 0.387 e. The fourth-order valence-corrected chi connectivity index (χ4v) is 3.99. The van der Waals surface area contributed by atoms with E-state index >= 15 is 0 Å². The van der Waals surface area contributed by atoms with E-state index in [0.29, 0.717) is 26.1 Å². The van der Waals surface area contributed by atoms with Crippen LogP contribution in [0.15, 0.2) is 30.3 Å². The molecule has 0 aliphatic carbocycles. The van der Waals surface area contributed by atoms with Gasteiger partial charge in [0.15, 0.2) is 0 Å². The van der Waals surface area contributed by atoms with E-state index in [9.17, 15) is 13.5 Å². The van der Waals surface area contributed by atoms with Crippen molar-refractivity contribution in [3.8, 4) is 0 Å². The van der Waals surface area contributed by atoms with Crippen LogP contribution in [0.4, 0.5) is 0 Å². The van der Waals surface area contributed by atoms with Gasteiger partial charge in [-0.15, -0.1) is 0 Å². The average Bonchev–Trinajstić information content (AvgIpc) is 2.87. The summed E-state index contributed by atoms with van der Waals surface area (Å²) in [4.78, 5) is 4.16. The molecule has 2 rings (SSSR count). The van der Waals surface area contributed by atoms with Crippen molar-refractivity contribution in [2.45, 2.75) is 18.6 Å². The minimum atomic E-state index is -3.20. The molecule has 6 nitrogen and oxygen atoms in total. The smallest absolute Gasteiger partial charge is 0.214 e. The Balaban J connectivity index is 1.82. The number of likely N-dealkylation sites (N-methyl/N-ethyl adjacent to an activating group) is 1. The molecule has 0 aromatic heterocycles. The number of hydrogen-bond acceptors (Lipinski definition) is 5. The highest BCUT2D eigenvalue weighted by atomic mass is 32.2. The van der Waals surface area contributed by atoms with Crippen LogP contribution >= 0.6 is 0 Å². The lowest BCUT2D eigenvalue weighted by molar-refractivity contribution is 0.0194. The fraction of sp³-hybridized carbons (Fsp3) is 0.647. The third-order valence-corrected chi connectivity index (χ3v) is 6.32. The highest BCUT2D eigenvalue weighted by Gasteiger charge is 2.36. The molecule has 1 atom stereocenters. The van der Waals surface area contributed by atoms with E-state index in [-0.39, 0.29) is 5.75 Å². The second kappa shape index (κ2) is 7.93. The van der Waals surface area contributed by atoms with Gasteiger partial charge in [-0.1, -0.05) is 30.3 Å². The second-order valence-corrected chi connectivity index (χ2v) is 9.31. The predicted octanol–water partition coefficient (Wildman–Crippen LogP) is 0.447. The number of nitrogens with zero attached hydrogens (tertiary/aromatic N) is 3. The third-order valence-electron chi connectivity index (χ3n) is 4.51. The Bertz CT molecular complexity index is 621. The van der Waals surface area contributed by atoms with Crippen LogP contribution in [-0.4, -0.2) is 86.3 Å². The van der Waals surface area contributed by atoms with Gasteiger partial charge >= 0.3 is 0 Å². The van der Waals surface area contributed by atoms with E-state index in [1.54, 1.807) is 14.1 Å². The van der Waals surface area contributed by atoms with Crippen LogP contribution in [0, 0.1) is 0 Å². The molecule has 7 heteroatoms. The molecule has 1 fully saturated rings. The molecule has 0 bridgehead atoms. The van der Waals surface area contributed by atoms with Crippen molar-refractivity contribution in [3.63, 3.8) is 0 Å². The van der Waals surface area contributed by atoms with Crippen molar-refractivity contribution in [3.05, 3.63) is 35.9 Å². The van der Waals surface area contributed by atoms with Crippen molar-refractivity contribution in [1.29, 1.82) is 0 Å². The minimum absolute atomic E-state index is 0.0698. The van der Waals surface area contributed by atoms with Crippen LogP contribution in [0.3, 0.4) is 0 Å². The topological polar surface area (TPSA) is 64.1 Å². The molecular formula is C17H29N3O3S. The summed E-state index contributed by atoms with van der Waals surface area (Å²) in [5, 5.41) is 10.8. The third kappa shape index (κ3) is 5.53. The van der Waals surface area contributed by atoms with Crippen molar-refractivity contribution >= 4 is 10.0 Å². The molecule has 1 aliphatic rings. The van der Waals surface area contributed by atoms with Gasteiger partial charge in [-0.05, 0) is 19.0 Å². The molecule has 1 aromatic rings. The molecule has 136 valence electrons. The molecule has 1 N–H and O–H groups in total. The summed E-state index contributed by atoms with van der Waals surface area (Å²) < 4.78 is 24.9. The van der Waals surface area contributed by atoms with Crippen LogP contribution in [0.2, 0.25) is 0 Å². The van der Waals surface area contributed by atoms with Crippen LogP contribution < -0.4 is 0 Å². The zero-order chi connectivity index (χ0) is 17.8. The Kier molecular flexibility index (Phi) is 6.39. The molecule has 0 spiro atoms. The maximum Gasteiger partial charge on any atom is 0.214 e. The van der Waals surface area contributed by atoms with Gasteiger partial charge in [-0.3, -0.25) is 4.90 Å². The highest BCUT2D eigenvalue weighted by molar-refractivity contribution is 7.89. The molecule has 0 amide bonds. The lowest BCUT2D eigenvalue weighted by Gasteiger charge is -2.29. The summed E-state index contributed by atoms with van der Waals surface area (Å²) in [6.07, 6.45) is 0.713.